The normalized spacial score (nSPS) is 11.3. The molecule has 6 nitrogen and oxygen atoms in total. The van der Waals surface area contributed by atoms with E-state index in [1.54, 1.807) is 18.2 Å². The smallest absolute Gasteiger partial charge is 0.239 e. The van der Waals surface area contributed by atoms with Gasteiger partial charge in [0, 0.05) is 6.54 Å². The molecule has 100 valence electrons. The van der Waals surface area contributed by atoms with Gasteiger partial charge < -0.3 is 15.2 Å². The fraction of sp³-hybridized carbons (Fsp3) is 0.250. The summed E-state index contributed by atoms with van der Waals surface area (Å²) in [5, 5.41) is 27.3. The van der Waals surface area contributed by atoms with Crippen LogP contribution >= 0.6 is 12.2 Å². The third-order valence-electron chi connectivity index (χ3n) is 2.64. The Hall–Kier alpha value is -2.15. The van der Waals surface area contributed by atoms with Gasteiger partial charge in [-0.3, -0.25) is 4.57 Å². The van der Waals surface area contributed by atoms with Crippen LogP contribution in [0, 0.1) is 11.7 Å². The van der Waals surface area contributed by atoms with E-state index in [0.717, 1.165) is 5.56 Å². The molecule has 0 aliphatic rings. The van der Waals surface area contributed by atoms with Crippen molar-refractivity contribution >= 4 is 23.7 Å². The Kier molecular flexibility index (Phi) is 3.66. The molecule has 2 rings (SSSR count). The lowest BCUT2D eigenvalue weighted by Crippen LogP contribution is -1.91. The van der Waals surface area contributed by atoms with Gasteiger partial charge in [0.05, 0.1) is 0 Å². The first-order valence-corrected chi connectivity index (χ1v) is 6.17. The summed E-state index contributed by atoms with van der Waals surface area (Å²) in [7, 11) is 0. The lowest BCUT2D eigenvalue weighted by atomic mass is 10.2. The zero-order chi connectivity index (χ0) is 14.0. The van der Waals surface area contributed by atoms with E-state index < -0.39 is 0 Å². The van der Waals surface area contributed by atoms with Crippen LogP contribution in [0.3, 0.4) is 0 Å². The second-order valence-corrected chi connectivity index (χ2v) is 4.43. The Morgan fingerprint density at radius 3 is 2.68 bits per heavy atom. The number of aromatic hydroxyl groups is 2. The number of rotatable bonds is 3. The van der Waals surface area contributed by atoms with Gasteiger partial charge in [0.2, 0.25) is 11.7 Å². The van der Waals surface area contributed by atoms with E-state index in [9.17, 15) is 10.2 Å². The number of nitrogens with one attached hydrogen (secondary N) is 1. The van der Waals surface area contributed by atoms with Crippen LogP contribution in [0.5, 0.6) is 11.6 Å². The summed E-state index contributed by atoms with van der Waals surface area (Å²) < 4.78 is 1.88. The average molecular weight is 278 g/mol. The Bertz CT molecular complexity index is 688. The van der Waals surface area contributed by atoms with Crippen LogP contribution in [-0.2, 0) is 6.54 Å². The molecule has 3 N–H and O–H groups in total. The van der Waals surface area contributed by atoms with Gasteiger partial charge >= 0.3 is 0 Å². The number of H-pyrrole nitrogens is 1. The highest BCUT2D eigenvalue weighted by Crippen LogP contribution is 2.31. The number of hydrogen-bond acceptors (Lipinski definition) is 5. The maximum Gasteiger partial charge on any atom is 0.239 e. The van der Waals surface area contributed by atoms with Gasteiger partial charge in [-0.15, -0.1) is 10.2 Å². The van der Waals surface area contributed by atoms with E-state index in [1.807, 2.05) is 13.8 Å². The highest BCUT2D eigenvalue weighted by molar-refractivity contribution is 7.71. The minimum atomic E-state index is -0.0663. The summed E-state index contributed by atoms with van der Waals surface area (Å²) in [6.45, 7) is 4.28. The number of aryl methyl sites for hydroxylation is 1. The van der Waals surface area contributed by atoms with Crippen molar-refractivity contribution in [3.63, 3.8) is 0 Å². The standard InChI is InChI=1S/C12H14N4O2S/c1-3-16-11(18)10(13-12(16)19)15-14-8-6-7(2)4-5-9(8)17/h4-6,17-18H,3H2,1-2H3,(H,13,19). The number of hydrogen-bond donors (Lipinski definition) is 3. The Labute approximate surface area is 115 Å². The number of nitrogens with zero attached hydrogens (tertiary/aromatic N) is 3. The Morgan fingerprint density at radius 1 is 1.32 bits per heavy atom. The van der Waals surface area contributed by atoms with E-state index in [0.29, 0.717) is 17.0 Å². The van der Waals surface area contributed by atoms with Crippen LogP contribution in [0.25, 0.3) is 0 Å². The van der Waals surface area contributed by atoms with Crippen molar-refractivity contribution in [2.45, 2.75) is 20.4 Å². The molecule has 0 aliphatic carbocycles. The zero-order valence-electron chi connectivity index (χ0n) is 10.6. The molecule has 0 aliphatic heterocycles. The van der Waals surface area contributed by atoms with Gasteiger partial charge in [0.1, 0.15) is 11.4 Å². The van der Waals surface area contributed by atoms with Gasteiger partial charge in [-0.2, -0.15) is 0 Å². The predicted octanol–water partition coefficient (Wildman–Crippen LogP) is 3.70. The molecule has 0 unspecified atom stereocenters. The highest BCUT2D eigenvalue weighted by Gasteiger charge is 2.09. The molecule has 0 spiro atoms. The van der Waals surface area contributed by atoms with Crippen LogP contribution in [-0.4, -0.2) is 19.8 Å². The molecule has 1 aromatic carbocycles. The van der Waals surface area contributed by atoms with Crippen LogP contribution in [0.15, 0.2) is 28.4 Å². The molecular weight excluding hydrogens is 264 g/mol. The zero-order valence-corrected chi connectivity index (χ0v) is 11.4. The number of phenols is 1. The van der Waals surface area contributed by atoms with Crippen molar-refractivity contribution in [2.75, 3.05) is 0 Å². The molecule has 0 fully saturated rings. The molecule has 0 radical (unpaired) electrons. The summed E-state index contributed by atoms with van der Waals surface area (Å²) in [5.41, 5.74) is 1.29. The largest absolute Gasteiger partial charge is 0.506 e. The quantitative estimate of drug-likeness (QED) is 0.591. The third-order valence-corrected chi connectivity index (χ3v) is 2.97. The van der Waals surface area contributed by atoms with Crippen molar-refractivity contribution in [1.29, 1.82) is 0 Å². The van der Waals surface area contributed by atoms with Crippen LogP contribution < -0.4 is 0 Å². The highest BCUT2D eigenvalue weighted by atomic mass is 32.1. The summed E-state index contributed by atoms with van der Waals surface area (Å²) >= 11 is 5.03. The van der Waals surface area contributed by atoms with E-state index in [4.69, 9.17) is 12.2 Å². The fourth-order valence-corrected chi connectivity index (χ4v) is 1.94. The summed E-state index contributed by atoms with van der Waals surface area (Å²) in [6, 6.07) is 5.01. The van der Waals surface area contributed by atoms with Crippen LogP contribution in [0.2, 0.25) is 0 Å². The molecule has 19 heavy (non-hydrogen) atoms. The minimum Gasteiger partial charge on any atom is -0.506 e. The maximum atomic E-state index is 9.86. The Balaban J connectivity index is 2.38. The summed E-state index contributed by atoms with van der Waals surface area (Å²) in [5.74, 6) is 0.138. The molecule has 0 saturated carbocycles. The summed E-state index contributed by atoms with van der Waals surface area (Å²) in [4.78, 5) is 2.75. The van der Waals surface area contributed by atoms with E-state index >= 15 is 0 Å². The average Bonchev–Trinajstić information content (AvgIpc) is 2.65. The molecule has 0 saturated heterocycles. The number of aromatic amines is 1. The lowest BCUT2D eigenvalue weighted by molar-refractivity contribution is 0.421. The third kappa shape index (κ3) is 2.65. The molecule has 0 bridgehead atoms. The van der Waals surface area contributed by atoms with Gasteiger partial charge in [-0.25, -0.2) is 0 Å². The predicted molar refractivity (Wildman–Crippen MR) is 74.0 cm³/mol. The fourth-order valence-electron chi connectivity index (χ4n) is 1.63. The molecule has 0 atom stereocenters. The second-order valence-electron chi connectivity index (χ2n) is 4.04. The van der Waals surface area contributed by atoms with E-state index in [2.05, 4.69) is 15.2 Å². The molecule has 7 heteroatoms. The minimum absolute atomic E-state index is 0.0300. The van der Waals surface area contributed by atoms with Gasteiger partial charge in [-0.05, 0) is 43.8 Å². The van der Waals surface area contributed by atoms with Crippen molar-refractivity contribution < 1.29 is 10.2 Å². The number of phenolic OH excluding ortho intramolecular Hbond substituents is 1. The van der Waals surface area contributed by atoms with Gasteiger partial charge in [-0.1, -0.05) is 6.07 Å². The number of aromatic nitrogens is 2. The maximum absolute atomic E-state index is 9.86. The van der Waals surface area contributed by atoms with Crippen molar-refractivity contribution in [3.05, 3.63) is 28.5 Å². The molecule has 1 heterocycles. The molecule has 0 amide bonds. The van der Waals surface area contributed by atoms with Gasteiger partial charge in [0.15, 0.2) is 4.77 Å². The second kappa shape index (κ2) is 5.23. The molecule has 1 aromatic heterocycles. The lowest BCUT2D eigenvalue weighted by Gasteiger charge is -1.99. The molecule has 2 aromatic rings. The number of azo groups is 1. The number of benzene rings is 1. The van der Waals surface area contributed by atoms with E-state index in [-0.39, 0.29) is 17.4 Å². The first-order chi connectivity index (χ1) is 9.02. The number of imidazole rings is 1. The monoisotopic (exact) mass is 278 g/mol. The topological polar surface area (TPSA) is 85.9 Å². The van der Waals surface area contributed by atoms with Crippen LogP contribution in [0.1, 0.15) is 12.5 Å². The van der Waals surface area contributed by atoms with E-state index in [1.165, 1.54) is 4.57 Å². The Morgan fingerprint density at radius 2 is 2.05 bits per heavy atom. The first kappa shape index (κ1) is 13.3. The van der Waals surface area contributed by atoms with Crippen LogP contribution in [0.4, 0.5) is 11.5 Å². The summed E-state index contributed by atoms with van der Waals surface area (Å²) in [6.07, 6.45) is 0. The molecular formula is C12H14N4O2S. The first-order valence-electron chi connectivity index (χ1n) is 5.76. The SMILES string of the molecule is CCn1c(O)c(N=Nc2cc(C)ccc2O)[nH]c1=S. The van der Waals surface area contributed by atoms with Gasteiger partial charge in [0.25, 0.3) is 0 Å². The van der Waals surface area contributed by atoms with Crippen molar-refractivity contribution in [3.8, 4) is 11.6 Å². The van der Waals surface area contributed by atoms with Crippen molar-refractivity contribution in [2.24, 2.45) is 10.2 Å². The van der Waals surface area contributed by atoms with Crippen molar-refractivity contribution in [1.82, 2.24) is 9.55 Å².